The lowest BCUT2D eigenvalue weighted by molar-refractivity contribution is 0.229. The summed E-state index contributed by atoms with van der Waals surface area (Å²) in [6.07, 6.45) is 4.83. The summed E-state index contributed by atoms with van der Waals surface area (Å²) < 4.78 is 0. The van der Waals surface area contributed by atoms with E-state index in [4.69, 9.17) is 11.6 Å². The number of rotatable bonds is 3. The van der Waals surface area contributed by atoms with Crippen LogP contribution in [-0.2, 0) is 0 Å². The van der Waals surface area contributed by atoms with Crippen molar-refractivity contribution in [2.45, 2.75) is 45.6 Å². The standard InChI is InChI=1S/C12H22N6/c1-12(2)5-3-4-8(7-12)15-9-6-10(18-14)17-11(13)16-9/h6,8H,3-5,7,14H2,1-2H3,(H4,13,15,16,17,18). The van der Waals surface area contributed by atoms with Crippen molar-refractivity contribution in [1.29, 1.82) is 0 Å². The maximum atomic E-state index is 5.64. The number of hydrogen-bond acceptors (Lipinski definition) is 6. The second kappa shape index (κ2) is 4.97. The van der Waals surface area contributed by atoms with E-state index in [2.05, 4.69) is 34.6 Å². The topological polar surface area (TPSA) is 102 Å². The summed E-state index contributed by atoms with van der Waals surface area (Å²) in [5.41, 5.74) is 8.52. The van der Waals surface area contributed by atoms with Gasteiger partial charge in [-0.05, 0) is 24.7 Å². The van der Waals surface area contributed by atoms with Gasteiger partial charge in [0, 0.05) is 12.1 Å². The second-order valence-electron chi connectivity index (χ2n) is 5.74. The highest BCUT2D eigenvalue weighted by Gasteiger charge is 2.28. The number of nitrogen functional groups attached to an aromatic ring is 2. The predicted molar refractivity (Wildman–Crippen MR) is 73.9 cm³/mol. The van der Waals surface area contributed by atoms with E-state index < -0.39 is 0 Å². The SMILES string of the molecule is CC1(C)CCCC(Nc2cc(NN)nc(N)n2)C1. The minimum Gasteiger partial charge on any atom is -0.368 e. The van der Waals surface area contributed by atoms with Gasteiger partial charge in [-0.1, -0.05) is 20.3 Å². The average Bonchev–Trinajstić information content (AvgIpc) is 2.26. The highest BCUT2D eigenvalue weighted by Crippen LogP contribution is 2.36. The molecule has 0 saturated heterocycles. The first-order valence-corrected chi connectivity index (χ1v) is 6.36. The molecule has 0 aromatic carbocycles. The fraction of sp³-hybridized carbons (Fsp3) is 0.667. The van der Waals surface area contributed by atoms with Crippen molar-refractivity contribution in [1.82, 2.24) is 9.97 Å². The Morgan fingerprint density at radius 1 is 1.33 bits per heavy atom. The fourth-order valence-electron chi connectivity index (χ4n) is 2.64. The normalized spacial score (nSPS) is 22.5. The van der Waals surface area contributed by atoms with Gasteiger partial charge >= 0.3 is 0 Å². The van der Waals surface area contributed by atoms with Crippen LogP contribution in [0, 0.1) is 5.41 Å². The number of nitrogens with one attached hydrogen (secondary N) is 2. The van der Waals surface area contributed by atoms with Crippen molar-refractivity contribution in [3.8, 4) is 0 Å². The molecule has 6 heteroatoms. The van der Waals surface area contributed by atoms with Gasteiger partial charge in [0.1, 0.15) is 11.6 Å². The zero-order valence-electron chi connectivity index (χ0n) is 11.0. The van der Waals surface area contributed by atoms with Crippen molar-refractivity contribution in [3.63, 3.8) is 0 Å². The Morgan fingerprint density at radius 2 is 2.06 bits per heavy atom. The molecule has 0 bridgehead atoms. The molecule has 0 radical (unpaired) electrons. The largest absolute Gasteiger partial charge is 0.368 e. The Balaban J connectivity index is 2.07. The average molecular weight is 250 g/mol. The number of anilines is 3. The lowest BCUT2D eigenvalue weighted by Gasteiger charge is -2.35. The molecule has 1 fully saturated rings. The molecule has 6 N–H and O–H groups in total. The van der Waals surface area contributed by atoms with Crippen molar-refractivity contribution < 1.29 is 0 Å². The summed E-state index contributed by atoms with van der Waals surface area (Å²) in [6.45, 7) is 4.62. The van der Waals surface area contributed by atoms with Crippen LogP contribution in [0.2, 0.25) is 0 Å². The molecule has 0 amide bonds. The second-order valence-corrected chi connectivity index (χ2v) is 5.74. The summed E-state index contributed by atoms with van der Waals surface area (Å²) >= 11 is 0. The number of aromatic nitrogens is 2. The van der Waals surface area contributed by atoms with E-state index in [9.17, 15) is 0 Å². The van der Waals surface area contributed by atoms with Crippen LogP contribution in [0.25, 0.3) is 0 Å². The fourth-order valence-corrected chi connectivity index (χ4v) is 2.64. The maximum absolute atomic E-state index is 5.64. The molecule has 6 nitrogen and oxygen atoms in total. The van der Waals surface area contributed by atoms with Crippen molar-refractivity contribution in [2.75, 3.05) is 16.5 Å². The van der Waals surface area contributed by atoms with Crippen molar-refractivity contribution in [3.05, 3.63) is 6.07 Å². The van der Waals surface area contributed by atoms with Gasteiger partial charge in [0.05, 0.1) is 0 Å². The number of nitrogens with zero attached hydrogens (tertiary/aromatic N) is 2. The van der Waals surface area contributed by atoms with Crippen LogP contribution >= 0.6 is 0 Å². The Kier molecular flexibility index (Phi) is 3.56. The minimum absolute atomic E-state index is 0.225. The first-order valence-electron chi connectivity index (χ1n) is 6.36. The van der Waals surface area contributed by atoms with Crippen molar-refractivity contribution in [2.24, 2.45) is 11.3 Å². The van der Waals surface area contributed by atoms with Crippen LogP contribution in [0.3, 0.4) is 0 Å². The summed E-state index contributed by atoms with van der Waals surface area (Å²) in [6, 6.07) is 2.21. The predicted octanol–water partition coefficient (Wildman–Crippen LogP) is 1.73. The third-order valence-electron chi connectivity index (χ3n) is 3.45. The molecule has 1 aliphatic carbocycles. The number of nitrogens with two attached hydrogens (primary N) is 2. The quantitative estimate of drug-likeness (QED) is 0.481. The minimum atomic E-state index is 0.225. The van der Waals surface area contributed by atoms with E-state index in [1.165, 1.54) is 19.3 Å². The summed E-state index contributed by atoms with van der Waals surface area (Å²) in [4.78, 5) is 8.15. The van der Waals surface area contributed by atoms with Crippen LogP contribution in [0.5, 0.6) is 0 Å². The highest BCUT2D eigenvalue weighted by atomic mass is 15.3. The van der Waals surface area contributed by atoms with E-state index in [1.807, 2.05) is 0 Å². The molecule has 100 valence electrons. The smallest absolute Gasteiger partial charge is 0.223 e. The number of hydrogen-bond donors (Lipinski definition) is 4. The van der Waals surface area contributed by atoms with Crippen LogP contribution in [-0.4, -0.2) is 16.0 Å². The molecule has 2 rings (SSSR count). The van der Waals surface area contributed by atoms with E-state index in [0.29, 0.717) is 17.3 Å². The van der Waals surface area contributed by atoms with Gasteiger partial charge in [-0.15, -0.1) is 0 Å². The van der Waals surface area contributed by atoms with E-state index >= 15 is 0 Å². The molecule has 0 aliphatic heterocycles. The molecule has 1 atom stereocenters. The van der Waals surface area contributed by atoms with Gasteiger partial charge in [-0.2, -0.15) is 9.97 Å². The van der Waals surface area contributed by atoms with E-state index in [-0.39, 0.29) is 5.95 Å². The molecule has 18 heavy (non-hydrogen) atoms. The Morgan fingerprint density at radius 3 is 2.72 bits per heavy atom. The summed E-state index contributed by atoms with van der Waals surface area (Å²) in [7, 11) is 0. The molecule has 1 unspecified atom stereocenters. The van der Waals surface area contributed by atoms with E-state index in [1.54, 1.807) is 6.07 Å². The van der Waals surface area contributed by atoms with Gasteiger partial charge in [0.25, 0.3) is 0 Å². The zero-order valence-corrected chi connectivity index (χ0v) is 11.0. The molecule has 1 saturated carbocycles. The first-order chi connectivity index (χ1) is 8.48. The maximum Gasteiger partial charge on any atom is 0.223 e. The van der Waals surface area contributed by atoms with Gasteiger partial charge in [-0.25, -0.2) is 5.84 Å². The first kappa shape index (κ1) is 12.9. The molecule has 1 heterocycles. The molecule has 1 aromatic rings. The van der Waals surface area contributed by atoms with Gasteiger partial charge in [-0.3, -0.25) is 0 Å². The summed E-state index contributed by atoms with van der Waals surface area (Å²) in [5.74, 6) is 6.83. The van der Waals surface area contributed by atoms with E-state index in [0.717, 1.165) is 12.2 Å². The molecule has 1 aromatic heterocycles. The highest BCUT2D eigenvalue weighted by molar-refractivity contribution is 5.50. The Hall–Kier alpha value is -1.56. The van der Waals surface area contributed by atoms with Crippen molar-refractivity contribution >= 4 is 17.6 Å². The van der Waals surface area contributed by atoms with Gasteiger partial charge in [0.15, 0.2) is 0 Å². The summed E-state index contributed by atoms with van der Waals surface area (Å²) in [5, 5.41) is 3.43. The van der Waals surface area contributed by atoms with Crippen LogP contribution in [0.15, 0.2) is 6.07 Å². The van der Waals surface area contributed by atoms with Crippen LogP contribution in [0.4, 0.5) is 17.6 Å². The molecular formula is C12H22N6. The Bertz CT molecular complexity index is 417. The van der Waals surface area contributed by atoms with Crippen LogP contribution in [0.1, 0.15) is 39.5 Å². The third-order valence-corrected chi connectivity index (χ3v) is 3.45. The zero-order chi connectivity index (χ0) is 13.2. The molecule has 1 aliphatic rings. The van der Waals surface area contributed by atoms with Gasteiger partial charge < -0.3 is 16.5 Å². The lowest BCUT2D eigenvalue weighted by atomic mass is 9.75. The van der Waals surface area contributed by atoms with Crippen LogP contribution < -0.4 is 22.3 Å². The lowest BCUT2D eigenvalue weighted by Crippen LogP contribution is -2.32. The molecular weight excluding hydrogens is 228 g/mol. The monoisotopic (exact) mass is 250 g/mol. The Labute approximate surface area is 108 Å². The molecule has 0 spiro atoms. The van der Waals surface area contributed by atoms with Gasteiger partial charge in [0.2, 0.25) is 5.95 Å². The third kappa shape index (κ3) is 3.22. The number of hydrazine groups is 1.